The third-order valence-electron chi connectivity index (χ3n) is 7.25. The van der Waals surface area contributed by atoms with Crippen molar-refractivity contribution in [3.05, 3.63) is 95.8 Å². The van der Waals surface area contributed by atoms with Crippen LogP contribution in [-0.4, -0.2) is 9.97 Å². The molecule has 0 unspecified atom stereocenters. The van der Waals surface area contributed by atoms with Crippen LogP contribution in [-0.2, 0) is 10.8 Å². The van der Waals surface area contributed by atoms with Gasteiger partial charge in [-0.25, -0.2) is 9.97 Å². The standard InChI is InChI=1S/C31H28N2/c1-30(2,3)25-17-21(16-20-11-7-8-12-22(20)25)28-27-29(33-18-32-28)26-23-13-9-6-10-19(23)14-15-24(26)31(27,4)5/h6-18H,1-5H3. The molecule has 2 nitrogen and oxygen atoms in total. The molecule has 1 aromatic heterocycles. The smallest absolute Gasteiger partial charge is 0.116 e. The molecule has 0 radical (unpaired) electrons. The SMILES string of the molecule is CC(C)(C)c1cc(-c2ncnc3c2C(C)(C)c2ccc4ccccc4c2-3)cc2ccccc12. The zero-order chi connectivity index (χ0) is 23.0. The van der Waals surface area contributed by atoms with Crippen molar-refractivity contribution in [2.75, 3.05) is 0 Å². The maximum absolute atomic E-state index is 4.90. The molecule has 0 amide bonds. The van der Waals surface area contributed by atoms with E-state index in [4.69, 9.17) is 9.97 Å². The maximum atomic E-state index is 4.90. The van der Waals surface area contributed by atoms with Gasteiger partial charge in [0.05, 0.1) is 11.4 Å². The Morgan fingerprint density at radius 1 is 0.697 bits per heavy atom. The minimum absolute atomic E-state index is 0.0283. The second-order valence-corrected chi connectivity index (χ2v) is 10.8. The van der Waals surface area contributed by atoms with E-state index in [-0.39, 0.29) is 10.8 Å². The summed E-state index contributed by atoms with van der Waals surface area (Å²) >= 11 is 0. The Morgan fingerprint density at radius 3 is 2.12 bits per heavy atom. The van der Waals surface area contributed by atoms with Crippen molar-refractivity contribution in [3.63, 3.8) is 0 Å². The molecule has 0 aliphatic heterocycles. The van der Waals surface area contributed by atoms with E-state index >= 15 is 0 Å². The molecule has 0 fully saturated rings. The second-order valence-electron chi connectivity index (χ2n) is 10.8. The first-order chi connectivity index (χ1) is 15.8. The zero-order valence-corrected chi connectivity index (χ0v) is 19.9. The van der Waals surface area contributed by atoms with Gasteiger partial charge >= 0.3 is 0 Å². The van der Waals surface area contributed by atoms with Crippen molar-refractivity contribution >= 4 is 21.5 Å². The number of hydrogen-bond acceptors (Lipinski definition) is 2. The van der Waals surface area contributed by atoms with Crippen LogP contribution in [0.25, 0.3) is 44.1 Å². The average molecular weight is 429 g/mol. The van der Waals surface area contributed by atoms with E-state index in [0.717, 1.165) is 11.4 Å². The molecule has 6 rings (SSSR count). The van der Waals surface area contributed by atoms with Gasteiger partial charge in [-0.3, -0.25) is 0 Å². The van der Waals surface area contributed by atoms with E-state index in [0.29, 0.717) is 0 Å². The number of nitrogens with zero attached hydrogens (tertiary/aromatic N) is 2. The summed E-state index contributed by atoms with van der Waals surface area (Å²) in [7, 11) is 0. The Kier molecular flexibility index (Phi) is 4.11. The van der Waals surface area contributed by atoms with E-state index < -0.39 is 0 Å². The van der Waals surface area contributed by atoms with Gasteiger partial charge in [-0.2, -0.15) is 0 Å². The molecule has 0 atom stereocenters. The molecule has 162 valence electrons. The van der Waals surface area contributed by atoms with Crippen molar-refractivity contribution in [3.8, 4) is 22.5 Å². The van der Waals surface area contributed by atoms with Gasteiger partial charge in [0.25, 0.3) is 0 Å². The molecule has 0 N–H and O–H groups in total. The highest BCUT2D eigenvalue weighted by Crippen LogP contribution is 2.53. The van der Waals surface area contributed by atoms with Crippen molar-refractivity contribution in [2.45, 2.75) is 45.4 Å². The van der Waals surface area contributed by atoms with Crippen LogP contribution in [0.3, 0.4) is 0 Å². The molecule has 0 saturated carbocycles. The molecule has 33 heavy (non-hydrogen) atoms. The van der Waals surface area contributed by atoms with Crippen LogP contribution >= 0.6 is 0 Å². The van der Waals surface area contributed by atoms with Crippen LogP contribution in [0, 0.1) is 0 Å². The highest BCUT2D eigenvalue weighted by atomic mass is 14.9. The van der Waals surface area contributed by atoms with Gasteiger partial charge in [-0.1, -0.05) is 95.3 Å². The van der Waals surface area contributed by atoms with Gasteiger partial charge in [0.15, 0.2) is 0 Å². The van der Waals surface area contributed by atoms with Crippen molar-refractivity contribution < 1.29 is 0 Å². The predicted octanol–water partition coefficient (Wildman–Crippen LogP) is 8.05. The molecule has 1 aliphatic rings. The molecule has 1 aliphatic carbocycles. The lowest BCUT2D eigenvalue weighted by molar-refractivity contribution is 0.596. The number of fused-ring (bicyclic) bond motifs is 6. The van der Waals surface area contributed by atoms with Gasteiger partial charge < -0.3 is 0 Å². The van der Waals surface area contributed by atoms with E-state index in [9.17, 15) is 0 Å². The van der Waals surface area contributed by atoms with Crippen LogP contribution in [0.15, 0.2) is 79.1 Å². The monoisotopic (exact) mass is 428 g/mol. The van der Waals surface area contributed by atoms with E-state index in [1.165, 1.54) is 49.4 Å². The molecule has 0 spiro atoms. The third-order valence-corrected chi connectivity index (χ3v) is 7.25. The summed E-state index contributed by atoms with van der Waals surface area (Å²) in [6.45, 7) is 11.5. The summed E-state index contributed by atoms with van der Waals surface area (Å²) < 4.78 is 0. The fourth-order valence-electron chi connectivity index (χ4n) is 5.64. The first-order valence-electron chi connectivity index (χ1n) is 11.7. The fourth-order valence-corrected chi connectivity index (χ4v) is 5.64. The maximum Gasteiger partial charge on any atom is 0.116 e. The van der Waals surface area contributed by atoms with Gasteiger partial charge in [0, 0.05) is 22.1 Å². The number of benzene rings is 4. The predicted molar refractivity (Wildman–Crippen MR) is 139 cm³/mol. The molecule has 5 aromatic rings. The molecule has 0 saturated heterocycles. The van der Waals surface area contributed by atoms with Crippen LogP contribution in [0.4, 0.5) is 0 Å². The van der Waals surface area contributed by atoms with Gasteiger partial charge in [0.1, 0.15) is 6.33 Å². The average Bonchev–Trinajstić information content (AvgIpc) is 3.05. The van der Waals surface area contributed by atoms with Crippen molar-refractivity contribution in [1.29, 1.82) is 0 Å². The Hall–Kier alpha value is -3.52. The molecule has 1 heterocycles. The van der Waals surface area contributed by atoms with Crippen LogP contribution in [0.5, 0.6) is 0 Å². The van der Waals surface area contributed by atoms with Gasteiger partial charge in [-0.05, 0) is 50.2 Å². The van der Waals surface area contributed by atoms with E-state index in [2.05, 4.69) is 107 Å². The molecular weight excluding hydrogens is 400 g/mol. The first-order valence-corrected chi connectivity index (χ1v) is 11.7. The van der Waals surface area contributed by atoms with Gasteiger partial charge in [0.2, 0.25) is 0 Å². The lowest BCUT2D eigenvalue weighted by atomic mass is 9.78. The van der Waals surface area contributed by atoms with Crippen LogP contribution in [0.2, 0.25) is 0 Å². The summed E-state index contributed by atoms with van der Waals surface area (Å²) in [5.74, 6) is 0. The second kappa shape index (κ2) is 6.74. The van der Waals surface area contributed by atoms with Crippen LogP contribution < -0.4 is 0 Å². The number of aromatic nitrogens is 2. The van der Waals surface area contributed by atoms with Gasteiger partial charge in [-0.15, -0.1) is 0 Å². The number of hydrogen-bond donors (Lipinski definition) is 0. The minimum Gasteiger partial charge on any atom is -0.236 e. The Balaban J connectivity index is 1.69. The highest BCUT2D eigenvalue weighted by molar-refractivity contribution is 6.03. The molecular formula is C31H28N2. The Labute approximate surface area is 195 Å². The zero-order valence-electron chi connectivity index (χ0n) is 19.9. The topological polar surface area (TPSA) is 25.8 Å². The highest BCUT2D eigenvalue weighted by Gasteiger charge is 2.40. The summed E-state index contributed by atoms with van der Waals surface area (Å²) in [5, 5.41) is 5.08. The molecule has 4 aromatic carbocycles. The summed E-state index contributed by atoms with van der Waals surface area (Å²) in [5.41, 5.74) is 8.29. The summed E-state index contributed by atoms with van der Waals surface area (Å²) in [6, 6.07) is 26.5. The summed E-state index contributed by atoms with van der Waals surface area (Å²) in [4.78, 5) is 9.75. The normalized spacial score (nSPS) is 14.5. The lowest BCUT2D eigenvalue weighted by Gasteiger charge is -2.25. The number of rotatable bonds is 1. The lowest BCUT2D eigenvalue weighted by Crippen LogP contribution is -2.17. The Morgan fingerprint density at radius 2 is 1.36 bits per heavy atom. The third kappa shape index (κ3) is 2.87. The summed E-state index contributed by atoms with van der Waals surface area (Å²) in [6.07, 6.45) is 1.74. The van der Waals surface area contributed by atoms with Crippen LogP contribution in [0.1, 0.15) is 51.3 Å². The molecule has 0 bridgehead atoms. The Bertz CT molecular complexity index is 1570. The quantitative estimate of drug-likeness (QED) is 0.270. The van der Waals surface area contributed by atoms with Crippen molar-refractivity contribution in [2.24, 2.45) is 0 Å². The minimum atomic E-state index is -0.182. The molecule has 2 heteroatoms. The van der Waals surface area contributed by atoms with Crippen molar-refractivity contribution in [1.82, 2.24) is 9.97 Å². The fraction of sp³-hybridized carbons (Fsp3) is 0.226. The van der Waals surface area contributed by atoms with E-state index in [1.54, 1.807) is 6.33 Å². The first kappa shape index (κ1) is 20.1. The van der Waals surface area contributed by atoms with E-state index in [1.807, 2.05) is 0 Å². The largest absolute Gasteiger partial charge is 0.236 e.